The predicted octanol–water partition coefficient (Wildman–Crippen LogP) is 2.06. The summed E-state index contributed by atoms with van der Waals surface area (Å²) >= 11 is 0. The predicted molar refractivity (Wildman–Crippen MR) is 73.1 cm³/mol. The maximum atomic E-state index is 3.56. The quantitative estimate of drug-likeness (QED) is 0.812. The van der Waals surface area contributed by atoms with E-state index in [4.69, 9.17) is 0 Å². The lowest BCUT2D eigenvalue weighted by atomic mass is 9.89. The third-order valence-electron chi connectivity index (χ3n) is 3.61. The summed E-state index contributed by atoms with van der Waals surface area (Å²) in [6, 6.07) is 11.4. The van der Waals surface area contributed by atoms with Crippen LogP contribution in [0.4, 0.5) is 0 Å². The monoisotopic (exact) mass is 232 g/mol. The smallest absolute Gasteiger partial charge is 0.00105 e. The van der Waals surface area contributed by atoms with Crippen molar-refractivity contribution in [3.63, 3.8) is 0 Å². The van der Waals surface area contributed by atoms with Crippen LogP contribution in [0.15, 0.2) is 30.3 Å². The third kappa shape index (κ3) is 3.83. The first-order chi connectivity index (χ1) is 8.25. The Morgan fingerprint density at radius 1 is 1.18 bits per heavy atom. The summed E-state index contributed by atoms with van der Waals surface area (Å²) in [4.78, 5) is 0. The van der Waals surface area contributed by atoms with Crippen LogP contribution < -0.4 is 10.6 Å². The van der Waals surface area contributed by atoms with E-state index in [-0.39, 0.29) is 0 Å². The Morgan fingerprint density at radius 3 is 2.59 bits per heavy atom. The Balaban J connectivity index is 1.87. The molecule has 1 fully saturated rings. The van der Waals surface area contributed by atoms with E-state index in [9.17, 15) is 0 Å². The van der Waals surface area contributed by atoms with Crippen LogP contribution >= 0.6 is 0 Å². The fourth-order valence-corrected chi connectivity index (χ4v) is 2.57. The molecule has 0 saturated carbocycles. The standard InChI is InChI=1S/C15H24N2/c1-12(2)17-11-15-10-16-9-14(15)8-13-6-4-3-5-7-13/h3-7,12,14-17H,8-11H2,1-2H3/t14-,15-/m1/s1. The van der Waals surface area contributed by atoms with Gasteiger partial charge in [0.25, 0.3) is 0 Å². The lowest BCUT2D eigenvalue weighted by molar-refractivity contribution is 0.379. The second kappa shape index (κ2) is 6.18. The Hall–Kier alpha value is -0.860. The Kier molecular flexibility index (Phi) is 4.57. The minimum atomic E-state index is 0.591. The lowest BCUT2D eigenvalue weighted by Gasteiger charge is -2.20. The topological polar surface area (TPSA) is 24.1 Å². The molecule has 0 bridgehead atoms. The van der Waals surface area contributed by atoms with Gasteiger partial charge in [0.05, 0.1) is 0 Å². The highest BCUT2D eigenvalue weighted by Gasteiger charge is 2.26. The summed E-state index contributed by atoms with van der Waals surface area (Å²) in [6.07, 6.45) is 1.21. The molecule has 2 atom stereocenters. The van der Waals surface area contributed by atoms with Gasteiger partial charge in [0.1, 0.15) is 0 Å². The Bertz CT molecular complexity index is 321. The molecular formula is C15H24N2. The molecule has 94 valence electrons. The molecule has 1 aromatic rings. The van der Waals surface area contributed by atoms with Gasteiger partial charge in [-0.05, 0) is 43.5 Å². The molecular weight excluding hydrogens is 208 g/mol. The van der Waals surface area contributed by atoms with Crippen molar-refractivity contribution in [3.05, 3.63) is 35.9 Å². The summed E-state index contributed by atoms with van der Waals surface area (Å²) in [5, 5.41) is 7.09. The molecule has 0 radical (unpaired) electrons. The zero-order chi connectivity index (χ0) is 12.1. The molecule has 1 aliphatic rings. The van der Waals surface area contributed by atoms with E-state index in [1.54, 1.807) is 0 Å². The van der Waals surface area contributed by atoms with Crippen molar-refractivity contribution in [1.82, 2.24) is 10.6 Å². The molecule has 1 aromatic carbocycles. The van der Waals surface area contributed by atoms with E-state index in [1.165, 1.54) is 18.5 Å². The molecule has 1 heterocycles. The number of hydrogen-bond acceptors (Lipinski definition) is 2. The first-order valence-electron chi connectivity index (χ1n) is 6.73. The fourth-order valence-electron chi connectivity index (χ4n) is 2.57. The molecule has 17 heavy (non-hydrogen) atoms. The van der Waals surface area contributed by atoms with E-state index < -0.39 is 0 Å². The minimum absolute atomic E-state index is 0.591. The number of nitrogens with one attached hydrogen (secondary N) is 2. The van der Waals surface area contributed by atoms with Gasteiger partial charge in [-0.1, -0.05) is 44.2 Å². The van der Waals surface area contributed by atoms with Gasteiger partial charge < -0.3 is 10.6 Å². The molecule has 0 amide bonds. The number of hydrogen-bond donors (Lipinski definition) is 2. The zero-order valence-electron chi connectivity index (χ0n) is 10.9. The van der Waals surface area contributed by atoms with Crippen LogP contribution in [0.1, 0.15) is 19.4 Å². The number of benzene rings is 1. The molecule has 0 aliphatic carbocycles. The molecule has 0 aromatic heterocycles. The van der Waals surface area contributed by atoms with Crippen LogP contribution in [0.3, 0.4) is 0 Å². The molecule has 2 N–H and O–H groups in total. The SMILES string of the molecule is CC(C)NC[C@H]1CNC[C@H]1Cc1ccccc1. The van der Waals surface area contributed by atoms with Gasteiger partial charge in [0, 0.05) is 6.04 Å². The summed E-state index contributed by atoms with van der Waals surface area (Å²) in [5.41, 5.74) is 1.47. The van der Waals surface area contributed by atoms with Gasteiger partial charge in [-0.3, -0.25) is 0 Å². The normalized spacial score (nSPS) is 24.4. The van der Waals surface area contributed by atoms with Gasteiger partial charge in [0.15, 0.2) is 0 Å². The maximum absolute atomic E-state index is 3.56. The highest BCUT2D eigenvalue weighted by Crippen LogP contribution is 2.21. The van der Waals surface area contributed by atoms with Crippen molar-refractivity contribution in [2.24, 2.45) is 11.8 Å². The number of rotatable bonds is 5. The summed E-state index contributed by atoms with van der Waals surface area (Å²) in [6.45, 7) is 7.90. The zero-order valence-corrected chi connectivity index (χ0v) is 10.9. The van der Waals surface area contributed by atoms with Crippen molar-refractivity contribution < 1.29 is 0 Å². The molecule has 1 aliphatic heterocycles. The van der Waals surface area contributed by atoms with Crippen LogP contribution in [0, 0.1) is 11.8 Å². The van der Waals surface area contributed by atoms with Gasteiger partial charge in [0.2, 0.25) is 0 Å². The summed E-state index contributed by atoms with van der Waals surface area (Å²) in [7, 11) is 0. The van der Waals surface area contributed by atoms with Crippen LogP contribution in [-0.4, -0.2) is 25.7 Å². The highest BCUT2D eigenvalue weighted by atomic mass is 15.0. The van der Waals surface area contributed by atoms with Crippen molar-refractivity contribution in [3.8, 4) is 0 Å². The maximum Gasteiger partial charge on any atom is 0.00105 e. The average Bonchev–Trinajstić information content (AvgIpc) is 2.75. The van der Waals surface area contributed by atoms with Gasteiger partial charge in [-0.2, -0.15) is 0 Å². The lowest BCUT2D eigenvalue weighted by Crippen LogP contribution is -2.32. The molecule has 0 unspecified atom stereocenters. The van der Waals surface area contributed by atoms with E-state index in [1.807, 2.05) is 0 Å². The summed E-state index contributed by atoms with van der Waals surface area (Å²) in [5.74, 6) is 1.56. The van der Waals surface area contributed by atoms with Crippen molar-refractivity contribution in [1.29, 1.82) is 0 Å². The fraction of sp³-hybridized carbons (Fsp3) is 0.600. The van der Waals surface area contributed by atoms with Crippen molar-refractivity contribution >= 4 is 0 Å². The van der Waals surface area contributed by atoms with Gasteiger partial charge in [-0.15, -0.1) is 0 Å². The van der Waals surface area contributed by atoms with Crippen LogP contribution in [0.2, 0.25) is 0 Å². The van der Waals surface area contributed by atoms with Crippen molar-refractivity contribution in [2.75, 3.05) is 19.6 Å². The van der Waals surface area contributed by atoms with Crippen LogP contribution in [-0.2, 0) is 6.42 Å². The Morgan fingerprint density at radius 2 is 1.88 bits per heavy atom. The van der Waals surface area contributed by atoms with Crippen molar-refractivity contribution in [2.45, 2.75) is 26.3 Å². The molecule has 1 saturated heterocycles. The average molecular weight is 232 g/mol. The van der Waals surface area contributed by atoms with Crippen LogP contribution in [0.5, 0.6) is 0 Å². The van der Waals surface area contributed by atoms with E-state index in [0.29, 0.717) is 6.04 Å². The van der Waals surface area contributed by atoms with E-state index in [2.05, 4.69) is 54.8 Å². The first-order valence-corrected chi connectivity index (χ1v) is 6.73. The van der Waals surface area contributed by atoms with Crippen LogP contribution in [0.25, 0.3) is 0 Å². The largest absolute Gasteiger partial charge is 0.316 e. The minimum Gasteiger partial charge on any atom is -0.316 e. The summed E-state index contributed by atoms with van der Waals surface area (Å²) < 4.78 is 0. The molecule has 2 nitrogen and oxygen atoms in total. The molecule has 0 spiro atoms. The highest BCUT2D eigenvalue weighted by molar-refractivity contribution is 5.16. The molecule has 2 rings (SSSR count). The van der Waals surface area contributed by atoms with Gasteiger partial charge >= 0.3 is 0 Å². The molecule has 2 heteroatoms. The van der Waals surface area contributed by atoms with Gasteiger partial charge in [-0.25, -0.2) is 0 Å². The third-order valence-corrected chi connectivity index (χ3v) is 3.61. The second-order valence-corrected chi connectivity index (χ2v) is 5.43. The second-order valence-electron chi connectivity index (χ2n) is 5.43. The Labute approximate surface area is 105 Å². The first kappa shape index (κ1) is 12.6. The van der Waals surface area contributed by atoms with E-state index in [0.717, 1.165) is 24.9 Å². The van der Waals surface area contributed by atoms with E-state index >= 15 is 0 Å².